The lowest BCUT2D eigenvalue weighted by atomic mass is 9.88. The molecule has 0 aromatic heterocycles. The summed E-state index contributed by atoms with van der Waals surface area (Å²) in [5, 5.41) is 0. The van der Waals surface area contributed by atoms with Crippen LogP contribution in [0.15, 0.2) is 30.3 Å². The summed E-state index contributed by atoms with van der Waals surface area (Å²) in [4.78, 5) is 12.4. The number of hydrogen-bond donors (Lipinski definition) is 0. The molecule has 0 saturated carbocycles. The molecular weight excluding hydrogens is 181 g/mol. The molecule has 3 heteroatoms. The Hall–Kier alpha value is -1.38. The molecule has 14 heavy (non-hydrogen) atoms. The SMILES string of the molecule is CC(=O)N1CC(F)(c2ccccc2)C1. The first-order chi connectivity index (χ1) is 6.62. The average Bonchev–Trinajstić information content (AvgIpc) is 2.14. The summed E-state index contributed by atoms with van der Waals surface area (Å²) in [6, 6.07) is 9.00. The minimum atomic E-state index is -1.33. The molecule has 0 spiro atoms. The molecule has 0 N–H and O–H groups in total. The highest BCUT2D eigenvalue weighted by molar-refractivity contribution is 5.74. The monoisotopic (exact) mass is 193 g/mol. The van der Waals surface area contributed by atoms with Gasteiger partial charge in [0.1, 0.15) is 0 Å². The van der Waals surface area contributed by atoms with Crippen LogP contribution in [0.25, 0.3) is 0 Å². The van der Waals surface area contributed by atoms with E-state index in [-0.39, 0.29) is 19.0 Å². The van der Waals surface area contributed by atoms with E-state index in [4.69, 9.17) is 0 Å². The van der Waals surface area contributed by atoms with Crippen molar-refractivity contribution < 1.29 is 9.18 Å². The van der Waals surface area contributed by atoms with Gasteiger partial charge in [-0.3, -0.25) is 4.79 Å². The number of hydrogen-bond acceptors (Lipinski definition) is 1. The molecule has 1 aromatic carbocycles. The highest BCUT2D eigenvalue weighted by atomic mass is 19.1. The van der Waals surface area contributed by atoms with Crippen LogP contribution >= 0.6 is 0 Å². The van der Waals surface area contributed by atoms with Gasteiger partial charge in [-0.1, -0.05) is 30.3 Å². The molecule has 0 aliphatic carbocycles. The van der Waals surface area contributed by atoms with E-state index in [0.717, 1.165) is 0 Å². The van der Waals surface area contributed by atoms with Crippen molar-refractivity contribution >= 4 is 5.91 Å². The van der Waals surface area contributed by atoms with E-state index >= 15 is 0 Å². The maximum Gasteiger partial charge on any atom is 0.219 e. The molecule has 1 amide bonds. The standard InChI is InChI=1S/C11H12FNO/c1-9(14)13-7-11(12,8-13)10-5-3-2-4-6-10/h2-6H,7-8H2,1H3. The van der Waals surface area contributed by atoms with Crippen molar-refractivity contribution in [1.82, 2.24) is 4.90 Å². The van der Waals surface area contributed by atoms with Crippen LogP contribution in [0, 0.1) is 0 Å². The fourth-order valence-electron chi connectivity index (χ4n) is 1.70. The third kappa shape index (κ3) is 1.39. The van der Waals surface area contributed by atoms with Crippen LogP contribution in [-0.4, -0.2) is 23.9 Å². The summed E-state index contributed by atoms with van der Waals surface area (Å²) in [5.74, 6) is -0.0609. The van der Waals surface area contributed by atoms with Gasteiger partial charge in [-0.25, -0.2) is 4.39 Å². The maximum absolute atomic E-state index is 14.1. The maximum atomic E-state index is 14.1. The van der Waals surface area contributed by atoms with E-state index in [0.29, 0.717) is 5.56 Å². The van der Waals surface area contributed by atoms with Crippen LogP contribution in [0.4, 0.5) is 4.39 Å². The van der Waals surface area contributed by atoms with Crippen molar-refractivity contribution in [2.45, 2.75) is 12.6 Å². The van der Waals surface area contributed by atoms with E-state index < -0.39 is 5.67 Å². The van der Waals surface area contributed by atoms with Gasteiger partial charge in [0.05, 0.1) is 13.1 Å². The number of nitrogens with zero attached hydrogens (tertiary/aromatic N) is 1. The van der Waals surface area contributed by atoms with Crippen molar-refractivity contribution in [3.8, 4) is 0 Å². The molecule has 0 bridgehead atoms. The van der Waals surface area contributed by atoms with Crippen molar-refractivity contribution in [2.75, 3.05) is 13.1 Å². The summed E-state index contributed by atoms with van der Waals surface area (Å²) in [6.45, 7) is 1.84. The van der Waals surface area contributed by atoms with Crippen molar-refractivity contribution in [3.63, 3.8) is 0 Å². The molecule has 1 saturated heterocycles. The van der Waals surface area contributed by atoms with E-state index in [2.05, 4.69) is 0 Å². The number of amides is 1. The lowest BCUT2D eigenvalue weighted by Gasteiger charge is -2.44. The second-order valence-corrected chi connectivity index (χ2v) is 3.71. The van der Waals surface area contributed by atoms with E-state index in [1.54, 1.807) is 12.1 Å². The predicted octanol–water partition coefficient (Wildman–Crippen LogP) is 1.71. The molecular formula is C11H12FNO. The summed E-state index contributed by atoms with van der Waals surface area (Å²) >= 11 is 0. The molecule has 0 unspecified atom stereocenters. The number of likely N-dealkylation sites (tertiary alicyclic amines) is 1. The Bertz CT molecular complexity index is 344. The highest BCUT2D eigenvalue weighted by Crippen LogP contribution is 2.35. The molecule has 2 nitrogen and oxygen atoms in total. The van der Waals surface area contributed by atoms with Gasteiger partial charge in [0.25, 0.3) is 0 Å². The number of alkyl halides is 1. The molecule has 1 aromatic rings. The van der Waals surface area contributed by atoms with Crippen LogP contribution < -0.4 is 0 Å². The van der Waals surface area contributed by atoms with E-state index in [9.17, 15) is 9.18 Å². The van der Waals surface area contributed by atoms with Crippen LogP contribution in [0.3, 0.4) is 0 Å². The zero-order chi connectivity index (χ0) is 10.2. The molecule has 1 aliphatic heterocycles. The fraction of sp³-hybridized carbons (Fsp3) is 0.364. The number of carbonyl (C=O) groups is 1. The van der Waals surface area contributed by atoms with Crippen LogP contribution in [0.5, 0.6) is 0 Å². The van der Waals surface area contributed by atoms with Gasteiger partial charge < -0.3 is 4.90 Å². The third-order valence-corrected chi connectivity index (χ3v) is 2.62. The first-order valence-electron chi connectivity index (χ1n) is 4.62. The van der Waals surface area contributed by atoms with Gasteiger partial charge in [-0.15, -0.1) is 0 Å². The summed E-state index contributed by atoms with van der Waals surface area (Å²) in [7, 11) is 0. The Morgan fingerprint density at radius 3 is 2.43 bits per heavy atom. The van der Waals surface area contributed by atoms with Crippen LogP contribution in [0.1, 0.15) is 12.5 Å². The van der Waals surface area contributed by atoms with E-state index in [1.165, 1.54) is 11.8 Å². The summed E-state index contributed by atoms with van der Waals surface area (Å²) < 4.78 is 14.1. The van der Waals surface area contributed by atoms with Gasteiger partial charge in [0.2, 0.25) is 5.91 Å². The van der Waals surface area contributed by atoms with Gasteiger partial charge in [-0.2, -0.15) is 0 Å². The van der Waals surface area contributed by atoms with Gasteiger partial charge in [0, 0.05) is 6.92 Å². The zero-order valence-electron chi connectivity index (χ0n) is 8.03. The zero-order valence-corrected chi connectivity index (χ0v) is 8.03. The van der Waals surface area contributed by atoms with Gasteiger partial charge in [0.15, 0.2) is 5.67 Å². The largest absolute Gasteiger partial charge is 0.336 e. The average molecular weight is 193 g/mol. The summed E-state index contributed by atoms with van der Waals surface area (Å²) in [5.41, 5.74) is -0.662. The fourth-order valence-corrected chi connectivity index (χ4v) is 1.70. The van der Waals surface area contributed by atoms with Crippen LogP contribution in [0.2, 0.25) is 0 Å². The first kappa shape index (κ1) is 9.19. The second kappa shape index (κ2) is 3.08. The van der Waals surface area contributed by atoms with Crippen molar-refractivity contribution in [3.05, 3.63) is 35.9 Å². The lowest BCUT2D eigenvalue weighted by molar-refractivity contribution is -0.143. The lowest BCUT2D eigenvalue weighted by Crippen LogP contribution is -2.58. The van der Waals surface area contributed by atoms with Crippen LogP contribution in [-0.2, 0) is 10.5 Å². The Morgan fingerprint density at radius 1 is 1.36 bits per heavy atom. The Morgan fingerprint density at radius 2 is 1.93 bits per heavy atom. The minimum absolute atomic E-state index is 0.0609. The van der Waals surface area contributed by atoms with Gasteiger partial charge in [-0.05, 0) is 5.56 Å². The number of halogens is 1. The number of rotatable bonds is 1. The Kier molecular flexibility index (Phi) is 2.02. The number of carbonyl (C=O) groups excluding carboxylic acids is 1. The minimum Gasteiger partial charge on any atom is -0.336 e. The first-order valence-corrected chi connectivity index (χ1v) is 4.62. The summed E-state index contributed by atoms with van der Waals surface area (Å²) in [6.07, 6.45) is 0. The van der Waals surface area contributed by atoms with E-state index in [1.807, 2.05) is 18.2 Å². The molecule has 1 heterocycles. The molecule has 1 fully saturated rings. The van der Waals surface area contributed by atoms with Crippen molar-refractivity contribution in [2.24, 2.45) is 0 Å². The Labute approximate surface area is 82.3 Å². The predicted molar refractivity (Wildman–Crippen MR) is 51.5 cm³/mol. The van der Waals surface area contributed by atoms with Crippen molar-refractivity contribution in [1.29, 1.82) is 0 Å². The molecule has 2 rings (SSSR count). The quantitative estimate of drug-likeness (QED) is 0.665. The topological polar surface area (TPSA) is 20.3 Å². The molecule has 0 atom stereocenters. The molecule has 74 valence electrons. The second-order valence-electron chi connectivity index (χ2n) is 3.71. The number of benzene rings is 1. The Balaban J connectivity index is 2.12. The molecule has 0 radical (unpaired) electrons. The normalized spacial score (nSPS) is 18.9. The highest BCUT2D eigenvalue weighted by Gasteiger charge is 2.45. The third-order valence-electron chi connectivity index (χ3n) is 2.62. The smallest absolute Gasteiger partial charge is 0.219 e. The van der Waals surface area contributed by atoms with Gasteiger partial charge >= 0.3 is 0 Å². The molecule has 1 aliphatic rings.